The Morgan fingerprint density at radius 1 is 0.667 bits per heavy atom. The molecule has 0 saturated carbocycles. The molecule has 0 unspecified atom stereocenters. The Kier molecular flexibility index (Phi) is 8.63. The van der Waals surface area contributed by atoms with E-state index in [-0.39, 0.29) is 0 Å². The van der Waals surface area contributed by atoms with E-state index in [1.54, 1.807) is 35.5 Å². The molecule has 0 spiro atoms. The second-order valence-electron chi connectivity index (χ2n) is 6.75. The van der Waals surface area contributed by atoms with Crippen molar-refractivity contribution >= 4 is 41.4 Å². The van der Waals surface area contributed by atoms with Gasteiger partial charge >= 0.3 is 0 Å². The molecule has 3 aromatic rings. The van der Waals surface area contributed by atoms with Gasteiger partial charge in [-0.3, -0.25) is 0 Å². The molecule has 0 atom stereocenters. The first-order chi connectivity index (χ1) is 16.0. The molecule has 8 heteroatoms. The fourth-order valence-electron chi connectivity index (χ4n) is 3.12. The predicted molar refractivity (Wildman–Crippen MR) is 136 cm³/mol. The van der Waals surface area contributed by atoms with E-state index in [4.69, 9.17) is 35.3 Å². The van der Waals surface area contributed by atoms with Crippen LogP contribution in [0.2, 0.25) is 5.02 Å². The predicted octanol–water partition coefficient (Wildman–Crippen LogP) is 6.67. The van der Waals surface area contributed by atoms with Crippen LogP contribution in [0.25, 0.3) is 12.2 Å². The fourth-order valence-corrected chi connectivity index (χ4v) is 4.15. The van der Waals surface area contributed by atoms with Gasteiger partial charge in [-0.2, -0.15) is 0 Å². The summed E-state index contributed by atoms with van der Waals surface area (Å²) in [6.45, 7) is 0. The number of anilines is 1. The van der Waals surface area contributed by atoms with E-state index in [1.807, 2.05) is 60.7 Å². The standard InChI is InChI=1S/C25H26ClNO5S/c1-28-21-11-9-18(15-19(21)26)33-27-20-12-16(8-10-22(20)29-2)6-7-17-13-23(30-3)25(32-5)24(14-17)31-4/h6-15,27H,1-5H3/b7-6-. The van der Waals surface area contributed by atoms with Gasteiger partial charge in [0.1, 0.15) is 11.5 Å². The van der Waals surface area contributed by atoms with Crippen molar-refractivity contribution < 1.29 is 23.7 Å². The maximum Gasteiger partial charge on any atom is 0.203 e. The van der Waals surface area contributed by atoms with Crippen LogP contribution in [0.4, 0.5) is 5.69 Å². The van der Waals surface area contributed by atoms with Crippen LogP contribution >= 0.6 is 23.5 Å². The first kappa shape index (κ1) is 24.5. The van der Waals surface area contributed by atoms with Crippen LogP contribution in [0.3, 0.4) is 0 Å². The first-order valence-electron chi connectivity index (χ1n) is 9.95. The number of hydrogen-bond donors (Lipinski definition) is 1. The van der Waals surface area contributed by atoms with Crippen molar-refractivity contribution in [3.05, 3.63) is 64.7 Å². The molecule has 174 valence electrons. The van der Waals surface area contributed by atoms with Crippen molar-refractivity contribution in [3.63, 3.8) is 0 Å². The highest BCUT2D eigenvalue weighted by atomic mass is 35.5. The molecule has 0 heterocycles. The third-order valence-electron chi connectivity index (χ3n) is 4.78. The molecule has 6 nitrogen and oxygen atoms in total. The zero-order chi connectivity index (χ0) is 23.8. The van der Waals surface area contributed by atoms with E-state index in [2.05, 4.69) is 4.72 Å². The summed E-state index contributed by atoms with van der Waals surface area (Å²) in [6, 6.07) is 15.3. The largest absolute Gasteiger partial charge is 0.495 e. The summed E-state index contributed by atoms with van der Waals surface area (Å²) >= 11 is 7.66. The van der Waals surface area contributed by atoms with Crippen LogP contribution in [-0.2, 0) is 0 Å². The van der Waals surface area contributed by atoms with Gasteiger partial charge in [0, 0.05) is 4.90 Å². The van der Waals surface area contributed by atoms with Gasteiger partial charge in [-0.1, -0.05) is 29.8 Å². The van der Waals surface area contributed by atoms with Gasteiger partial charge in [0.25, 0.3) is 0 Å². The van der Waals surface area contributed by atoms with Crippen molar-refractivity contribution in [1.29, 1.82) is 0 Å². The zero-order valence-electron chi connectivity index (χ0n) is 19.1. The average Bonchev–Trinajstić information content (AvgIpc) is 2.85. The molecule has 0 fully saturated rings. The minimum atomic E-state index is 0.554. The minimum Gasteiger partial charge on any atom is -0.495 e. The fraction of sp³-hybridized carbons (Fsp3) is 0.200. The third kappa shape index (κ3) is 6.00. The third-order valence-corrected chi connectivity index (χ3v) is 5.89. The molecular formula is C25H26ClNO5S. The monoisotopic (exact) mass is 487 g/mol. The van der Waals surface area contributed by atoms with E-state index >= 15 is 0 Å². The lowest BCUT2D eigenvalue weighted by atomic mass is 10.1. The van der Waals surface area contributed by atoms with Gasteiger partial charge in [0.05, 0.1) is 46.3 Å². The van der Waals surface area contributed by atoms with Crippen LogP contribution < -0.4 is 28.4 Å². The van der Waals surface area contributed by atoms with Crippen molar-refractivity contribution in [3.8, 4) is 28.7 Å². The van der Waals surface area contributed by atoms with Crippen molar-refractivity contribution in [1.82, 2.24) is 0 Å². The molecule has 0 amide bonds. The Morgan fingerprint density at radius 3 is 1.85 bits per heavy atom. The molecule has 3 aromatic carbocycles. The van der Waals surface area contributed by atoms with Crippen LogP contribution in [0, 0.1) is 0 Å². The number of methoxy groups -OCH3 is 5. The molecule has 0 radical (unpaired) electrons. The lowest BCUT2D eigenvalue weighted by Crippen LogP contribution is -1.95. The summed E-state index contributed by atoms with van der Waals surface area (Å²) in [6.07, 6.45) is 3.98. The second kappa shape index (κ2) is 11.6. The highest BCUT2D eigenvalue weighted by molar-refractivity contribution is 8.00. The Morgan fingerprint density at radius 2 is 1.27 bits per heavy atom. The summed E-state index contributed by atoms with van der Waals surface area (Å²) in [7, 11) is 8.01. The van der Waals surface area contributed by atoms with Crippen LogP contribution in [0.5, 0.6) is 28.7 Å². The minimum absolute atomic E-state index is 0.554. The van der Waals surface area contributed by atoms with E-state index in [1.165, 1.54) is 11.9 Å². The van der Waals surface area contributed by atoms with Crippen LogP contribution in [0.15, 0.2) is 53.4 Å². The number of benzene rings is 3. The molecule has 0 aromatic heterocycles. The maximum atomic E-state index is 6.23. The van der Waals surface area contributed by atoms with Gasteiger partial charge in [0.2, 0.25) is 5.75 Å². The maximum absolute atomic E-state index is 6.23. The van der Waals surface area contributed by atoms with Crippen molar-refractivity contribution in [2.24, 2.45) is 0 Å². The highest BCUT2D eigenvalue weighted by Gasteiger charge is 2.12. The van der Waals surface area contributed by atoms with E-state index in [0.29, 0.717) is 28.0 Å². The molecule has 0 aliphatic carbocycles. The Labute approximate surface area is 203 Å². The first-order valence-corrected chi connectivity index (χ1v) is 11.1. The van der Waals surface area contributed by atoms with Crippen molar-refractivity contribution in [2.45, 2.75) is 4.90 Å². The Balaban J connectivity index is 1.82. The van der Waals surface area contributed by atoms with Gasteiger partial charge in [-0.05, 0) is 65.5 Å². The summed E-state index contributed by atoms with van der Waals surface area (Å²) in [5, 5.41) is 0.554. The summed E-state index contributed by atoms with van der Waals surface area (Å²) in [5.74, 6) is 3.12. The summed E-state index contributed by atoms with van der Waals surface area (Å²) < 4.78 is 30.3. The number of ether oxygens (including phenoxy) is 5. The van der Waals surface area contributed by atoms with Gasteiger partial charge < -0.3 is 28.4 Å². The number of hydrogen-bond acceptors (Lipinski definition) is 7. The van der Waals surface area contributed by atoms with E-state index in [9.17, 15) is 0 Å². The topological polar surface area (TPSA) is 58.2 Å². The molecule has 1 N–H and O–H groups in total. The quantitative estimate of drug-likeness (QED) is 0.253. The number of nitrogens with one attached hydrogen (secondary N) is 1. The second-order valence-corrected chi connectivity index (χ2v) is 8.04. The number of halogens is 1. The van der Waals surface area contributed by atoms with Crippen molar-refractivity contribution in [2.75, 3.05) is 40.3 Å². The SMILES string of the molecule is COc1ccc(SNc2cc(/C=C\c3cc(OC)c(OC)c(OC)c3)ccc2OC)cc1Cl. The molecular weight excluding hydrogens is 462 g/mol. The molecule has 0 saturated heterocycles. The Bertz CT molecular complexity index is 1110. The summed E-state index contributed by atoms with van der Waals surface area (Å²) in [4.78, 5) is 0.946. The van der Waals surface area contributed by atoms with Gasteiger partial charge in [-0.25, -0.2) is 0 Å². The van der Waals surface area contributed by atoms with E-state index < -0.39 is 0 Å². The van der Waals surface area contributed by atoms with Crippen LogP contribution in [-0.4, -0.2) is 35.5 Å². The normalized spacial score (nSPS) is 10.7. The smallest absolute Gasteiger partial charge is 0.203 e. The lowest BCUT2D eigenvalue weighted by Gasteiger charge is -2.13. The molecule has 3 rings (SSSR count). The molecule has 0 aliphatic rings. The van der Waals surface area contributed by atoms with E-state index in [0.717, 1.165) is 27.5 Å². The van der Waals surface area contributed by atoms with Gasteiger partial charge in [0.15, 0.2) is 11.5 Å². The average molecular weight is 488 g/mol. The highest BCUT2D eigenvalue weighted by Crippen LogP contribution is 2.39. The lowest BCUT2D eigenvalue weighted by molar-refractivity contribution is 0.324. The number of rotatable bonds is 10. The van der Waals surface area contributed by atoms with Crippen LogP contribution in [0.1, 0.15) is 11.1 Å². The van der Waals surface area contributed by atoms with Gasteiger partial charge in [-0.15, -0.1) is 0 Å². The Hall–Kier alpha value is -3.16. The zero-order valence-corrected chi connectivity index (χ0v) is 20.7. The molecule has 33 heavy (non-hydrogen) atoms. The summed E-state index contributed by atoms with van der Waals surface area (Å²) in [5.41, 5.74) is 2.74. The molecule has 0 aliphatic heterocycles. The molecule has 0 bridgehead atoms.